The topological polar surface area (TPSA) is 120 Å². The van der Waals surface area contributed by atoms with Crippen molar-refractivity contribution in [2.24, 2.45) is 0 Å². The molecule has 2 aromatic rings. The van der Waals surface area contributed by atoms with E-state index in [1.807, 2.05) is 18.7 Å². The summed E-state index contributed by atoms with van der Waals surface area (Å²) in [5, 5.41) is 13.2. The van der Waals surface area contributed by atoms with Crippen molar-refractivity contribution in [2.75, 3.05) is 24.6 Å². The first kappa shape index (κ1) is 21.5. The van der Waals surface area contributed by atoms with Crippen molar-refractivity contribution in [2.45, 2.75) is 45.8 Å². The number of hydrogen-bond acceptors (Lipinski definition) is 7. The average Bonchev–Trinajstić information content (AvgIpc) is 3.26. The van der Waals surface area contributed by atoms with Crippen LogP contribution in [0.4, 0.5) is 5.13 Å². The summed E-state index contributed by atoms with van der Waals surface area (Å²) in [7, 11) is 0. The minimum absolute atomic E-state index is 0.0785. The van der Waals surface area contributed by atoms with Gasteiger partial charge in [0.2, 0.25) is 0 Å². The summed E-state index contributed by atoms with van der Waals surface area (Å²) in [6.07, 6.45) is 1.03. The molecule has 1 amide bonds. The zero-order valence-electron chi connectivity index (χ0n) is 16.5. The molecule has 1 fully saturated rings. The van der Waals surface area contributed by atoms with Gasteiger partial charge in [-0.15, -0.1) is 11.3 Å². The molecule has 0 radical (unpaired) electrons. The third-order valence-corrected chi connectivity index (χ3v) is 6.16. The van der Waals surface area contributed by atoms with E-state index in [0.717, 1.165) is 5.69 Å². The van der Waals surface area contributed by atoms with Gasteiger partial charge < -0.3 is 25.0 Å². The lowest BCUT2D eigenvalue weighted by Gasteiger charge is -2.38. The van der Waals surface area contributed by atoms with Gasteiger partial charge in [0.25, 0.3) is 5.91 Å². The Morgan fingerprint density at radius 1 is 1.41 bits per heavy atom. The van der Waals surface area contributed by atoms with E-state index in [0.29, 0.717) is 47.7 Å². The van der Waals surface area contributed by atoms with Gasteiger partial charge in [0, 0.05) is 24.6 Å². The second-order valence-electron chi connectivity index (χ2n) is 6.72. The van der Waals surface area contributed by atoms with Crippen molar-refractivity contribution < 1.29 is 19.4 Å². The summed E-state index contributed by atoms with van der Waals surface area (Å²) in [5.74, 6) is -1.17. The molecule has 0 spiro atoms. The van der Waals surface area contributed by atoms with Crippen LogP contribution in [0.1, 0.15) is 51.9 Å². The average molecular weight is 442 g/mol. The number of carboxylic acids is 1. The number of thiazole rings is 1. The van der Waals surface area contributed by atoms with E-state index in [9.17, 15) is 14.7 Å². The number of H-pyrrole nitrogens is 1. The number of anilines is 1. The molecule has 0 unspecified atom stereocenters. The number of aryl methyl sites for hydroxylation is 2. The third-order valence-electron chi connectivity index (χ3n) is 4.81. The fourth-order valence-electron chi connectivity index (χ4n) is 3.32. The van der Waals surface area contributed by atoms with E-state index in [2.05, 4.69) is 20.3 Å². The van der Waals surface area contributed by atoms with Crippen LogP contribution in [0.5, 0.6) is 0 Å². The van der Waals surface area contributed by atoms with Crippen LogP contribution >= 0.6 is 22.9 Å². The Hall–Kier alpha value is -2.17. The van der Waals surface area contributed by atoms with E-state index in [-0.39, 0.29) is 29.6 Å². The highest BCUT2D eigenvalue weighted by atomic mass is 35.5. The summed E-state index contributed by atoms with van der Waals surface area (Å²) in [4.78, 5) is 37.9. The zero-order valence-corrected chi connectivity index (χ0v) is 18.1. The van der Waals surface area contributed by atoms with Gasteiger partial charge in [-0.2, -0.15) is 0 Å². The Morgan fingerprint density at radius 3 is 2.76 bits per heavy atom. The second-order valence-corrected chi connectivity index (χ2v) is 8.26. The van der Waals surface area contributed by atoms with Crippen molar-refractivity contribution in [1.29, 1.82) is 0 Å². The zero-order chi connectivity index (χ0) is 21.1. The van der Waals surface area contributed by atoms with E-state index >= 15 is 0 Å². The largest absolute Gasteiger partial charge is 0.476 e. The fraction of sp³-hybridized carbons (Fsp3) is 0.556. The summed E-state index contributed by atoms with van der Waals surface area (Å²) >= 11 is 7.38. The van der Waals surface area contributed by atoms with Crippen LogP contribution in [0.25, 0.3) is 0 Å². The summed E-state index contributed by atoms with van der Waals surface area (Å²) in [6.45, 7) is 7.20. The van der Waals surface area contributed by atoms with Gasteiger partial charge in [0.05, 0.1) is 17.8 Å². The number of imidazole rings is 1. The summed E-state index contributed by atoms with van der Waals surface area (Å²) < 4.78 is 5.87. The minimum atomic E-state index is -1.03. The number of ether oxygens (including phenoxy) is 1. The first-order chi connectivity index (χ1) is 13.8. The van der Waals surface area contributed by atoms with Crippen molar-refractivity contribution in [1.82, 2.24) is 20.3 Å². The maximum Gasteiger partial charge on any atom is 0.355 e. The monoisotopic (exact) mass is 441 g/mol. The second kappa shape index (κ2) is 9.10. The molecule has 2 atom stereocenters. The number of aromatic nitrogens is 3. The molecule has 3 N–H and O–H groups in total. The maximum atomic E-state index is 12.6. The molecule has 0 saturated carbocycles. The molecule has 11 heteroatoms. The Bertz CT molecular complexity index is 899. The number of nitrogens with zero attached hydrogens (tertiary/aromatic N) is 3. The molecule has 158 valence electrons. The highest BCUT2D eigenvalue weighted by Gasteiger charge is 2.33. The number of amides is 1. The van der Waals surface area contributed by atoms with E-state index in [1.54, 1.807) is 6.92 Å². The van der Waals surface area contributed by atoms with Crippen molar-refractivity contribution in [3.8, 4) is 0 Å². The van der Waals surface area contributed by atoms with Crippen molar-refractivity contribution in [3.05, 3.63) is 27.2 Å². The summed E-state index contributed by atoms with van der Waals surface area (Å²) in [5.41, 5.74) is 0.802. The lowest BCUT2D eigenvalue weighted by molar-refractivity contribution is 0.0271. The first-order valence-electron chi connectivity index (χ1n) is 9.46. The SMILES string of the molecule is CCO[C@H]1CN(c2nc(C(=O)O)c(C)s2)CC[C@H]1NC(=O)c1nc(Cl)c(CC)[nH]1. The van der Waals surface area contributed by atoms with Crippen LogP contribution < -0.4 is 10.2 Å². The quantitative estimate of drug-likeness (QED) is 0.603. The van der Waals surface area contributed by atoms with Gasteiger partial charge in [-0.05, 0) is 26.7 Å². The van der Waals surface area contributed by atoms with E-state index < -0.39 is 5.97 Å². The Labute approximate surface area is 177 Å². The Kier molecular flexibility index (Phi) is 6.76. The molecule has 2 aromatic heterocycles. The van der Waals surface area contributed by atoms with Crippen LogP contribution in [0.2, 0.25) is 5.15 Å². The maximum absolute atomic E-state index is 12.6. The number of halogens is 1. The third kappa shape index (κ3) is 4.71. The molecule has 29 heavy (non-hydrogen) atoms. The van der Waals surface area contributed by atoms with Crippen LogP contribution in [0.3, 0.4) is 0 Å². The molecule has 9 nitrogen and oxygen atoms in total. The number of piperidine rings is 1. The van der Waals surface area contributed by atoms with Gasteiger partial charge >= 0.3 is 5.97 Å². The normalized spacial score (nSPS) is 19.4. The van der Waals surface area contributed by atoms with E-state index in [4.69, 9.17) is 16.3 Å². The number of nitrogens with one attached hydrogen (secondary N) is 2. The molecule has 0 aliphatic carbocycles. The molecule has 1 saturated heterocycles. The Morgan fingerprint density at radius 2 is 2.17 bits per heavy atom. The number of carbonyl (C=O) groups excluding carboxylic acids is 1. The van der Waals surface area contributed by atoms with Crippen LogP contribution in [0.15, 0.2) is 0 Å². The number of carboxylic acid groups (broad SMARTS) is 1. The van der Waals surface area contributed by atoms with Gasteiger partial charge in [-0.3, -0.25) is 4.79 Å². The van der Waals surface area contributed by atoms with Crippen molar-refractivity contribution >= 4 is 39.9 Å². The first-order valence-corrected chi connectivity index (χ1v) is 10.7. The van der Waals surface area contributed by atoms with Crippen LogP contribution in [-0.2, 0) is 11.2 Å². The number of aromatic carboxylic acids is 1. The molecule has 3 heterocycles. The molecule has 3 rings (SSSR count). The standard InChI is InChI=1S/C18H24ClN5O4S/c1-4-10-14(19)23-15(20-10)16(25)21-11-6-7-24(8-12(11)28-5-2)18-22-13(17(26)27)9(3)29-18/h11-12H,4-8H2,1-3H3,(H,20,23)(H,21,25)(H,26,27)/t11-,12+/m1/s1. The summed E-state index contributed by atoms with van der Waals surface area (Å²) in [6, 6.07) is -0.201. The number of aromatic amines is 1. The van der Waals surface area contributed by atoms with Gasteiger partial charge in [0.15, 0.2) is 21.8 Å². The van der Waals surface area contributed by atoms with Crippen molar-refractivity contribution in [3.63, 3.8) is 0 Å². The van der Waals surface area contributed by atoms with Gasteiger partial charge in [-0.1, -0.05) is 18.5 Å². The molecule has 0 aromatic carbocycles. The van der Waals surface area contributed by atoms with Crippen LogP contribution in [0, 0.1) is 6.92 Å². The van der Waals surface area contributed by atoms with Crippen LogP contribution in [-0.4, -0.2) is 63.8 Å². The molecule has 1 aliphatic rings. The number of carbonyl (C=O) groups is 2. The predicted molar refractivity (Wildman–Crippen MR) is 110 cm³/mol. The Balaban J connectivity index is 1.70. The fourth-order valence-corrected chi connectivity index (χ4v) is 4.52. The molecular formula is C18H24ClN5O4S. The number of rotatable bonds is 7. The van der Waals surface area contributed by atoms with Gasteiger partial charge in [0.1, 0.15) is 0 Å². The molecule has 1 aliphatic heterocycles. The van der Waals surface area contributed by atoms with E-state index in [1.165, 1.54) is 11.3 Å². The molecular weight excluding hydrogens is 418 g/mol. The highest BCUT2D eigenvalue weighted by molar-refractivity contribution is 7.15. The molecule has 0 bridgehead atoms. The number of hydrogen-bond donors (Lipinski definition) is 3. The smallest absolute Gasteiger partial charge is 0.355 e. The predicted octanol–water partition coefficient (Wildman–Crippen LogP) is 2.50. The lowest BCUT2D eigenvalue weighted by atomic mass is 10.0. The minimum Gasteiger partial charge on any atom is -0.476 e. The van der Waals surface area contributed by atoms with Gasteiger partial charge in [-0.25, -0.2) is 14.8 Å². The lowest BCUT2D eigenvalue weighted by Crippen LogP contribution is -2.55. The highest BCUT2D eigenvalue weighted by Crippen LogP contribution is 2.29.